The third kappa shape index (κ3) is 1.69. The van der Waals surface area contributed by atoms with E-state index >= 15 is 0 Å². The van der Waals surface area contributed by atoms with Crippen LogP contribution in [0, 0.1) is 0 Å². The Morgan fingerprint density at radius 3 is 2.07 bits per heavy atom. The van der Waals surface area contributed by atoms with Crippen LogP contribution in [0.4, 0.5) is 14.5 Å². The number of alkyl halides is 2. The van der Waals surface area contributed by atoms with Gasteiger partial charge in [0.15, 0.2) is 0 Å². The number of rotatable bonds is 2. The van der Waals surface area contributed by atoms with E-state index in [1.165, 1.54) is 0 Å². The minimum absolute atomic E-state index is 0.152. The standard InChI is InChI=1S/C11H14F2N2/c12-11(13)5-10(6-11,7-14)8-1-3-9(15)4-2-8/h1-4H,5-7,14-15H2. The van der Waals surface area contributed by atoms with Crippen LogP contribution in [0.3, 0.4) is 0 Å². The van der Waals surface area contributed by atoms with Crippen LogP contribution in [0.5, 0.6) is 0 Å². The number of hydrogen-bond donors (Lipinski definition) is 2. The molecule has 1 aliphatic carbocycles. The van der Waals surface area contributed by atoms with Crippen LogP contribution in [-0.4, -0.2) is 12.5 Å². The number of halogens is 2. The molecule has 15 heavy (non-hydrogen) atoms. The van der Waals surface area contributed by atoms with Crippen molar-refractivity contribution in [1.82, 2.24) is 0 Å². The van der Waals surface area contributed by atoms with Gasteiger partial charge in [-0.1, -0.05) is 12.1 Å². The first-order valence-corrected chi connectivity index (χ1v) is 4.91. The molecular formula is C11H14F2N2. The van der Waals surface area contributed by atoms with Gasteiger partial charge in [0.1, 0.15) is 0 Å². The van der Waals surface area contributed by atoms with Crippen molar-refractivity contribution in [2.24, 2.45) is 5.73 Å². The van der Waals surface area contributed by atoms with Crippen molar-refractivity contribution < 1.29 is 8.78 Å². The molecule has 0 radical (unpaired) electrons. The summed E-state index contributed by atoms with van der Waals surface area (Å²) in [7, 11) is 0. The highest BCUT2D eigenvalue weighted by Crippen LogP contribution is 2.52. The van der Waals surface area contributed by atoms with E-state index in [4.69, 9.17) is 11.5 Å². The molecule has 0 aliphatic heterocycles. The number of anilines is 1. The van der Waals surface area contributed by atoms with Gasteiger partial charge in [0.25, 0.3) is 0 Å². The summed E-state index contributed by atoms with van der Waals surface area (Å²) in [6.45, 7) is 0.256. The first-order chi connectivity index (χ1) is 6.97. The fourth-order valence-electron chi connectivity index (χ4n) is 2.24. The van der Waals surface area contributed by atoms with Gasteiger partial charge in [-0.2, -0.15) is 0 Å². The molecule has 1 fully saturated rings. The lowest BCUT2D eigenvalue weighted by Crippen LogP contribution is -2.53. The molecule has 1 aromatic carbocycles. The first kappa shape index (κ1) is 10.4. The zero-order valence-electron chi connectivity index (χ0n) is 8.34. The largest absolute Gasteiger partial charge is 0.399 e. The van der Waals surface area contributed by atoms with Gasteiger partial charge in [0.2, 0.25) is 5.92 Å². The molecule has 2 nitrogen and oxygen atoms in total. The molecule has 4 N–H and O–H groups in total. The molecule has 0 aromatic heterocycles. The van der Waals surface area contributed by atoms with Crippen molar-refractivity contribution in [3.8, 4) is 0 Å². The second kappa shape index (κ2) is 3.17. The van der Waals surface area contributed by atoms with E-state index in [-0.39, 0.29) is 19.4 Å². The molecule has 0 heterocycles. The van der Waals surface area contributed by atoms with Crippen molar-refractivity contribution in [3.05, 3.63) is 29.8 Å². The Morgan fingerprint density at radius 1 is 1.13 bits per heavy atom. The highest BCUT2D eigenvalue weighted by molar-refractivity contribution is 5.43. The molecule has 0 saturated heterocycles. The van der Waals surface area contributed by atoms with Crippen molar-refractivity contribution in [1.29, 1.82) is 0 Å². The Kier molecular flexibility index (Phi) is 2.19. The summed E-state index contributed by atoms with van der Waals surface area (Å²) in [4.78, 5) is 0. The molecule has 1 aromatic rings. The lowest BCUT2D eigenvalue weighted by Gasteiger charge is -2.47. The first-order valence-electron chi connectivity index (χ1n) is 4.91. The van der Waals surface area contributed by atoms with E-state index in [1.54, 1.807) is 24.3 Å². The maximum atomic E-state index is 12.9. The summed E-state index contributed by atoms with van der Waals surface area (Å²) in [5.74, 6) is -2.55. The van der Waals surface area contributed by atoms with Gasteiger partial charge >= 0.3 is 0 Å². The SMILES string of the molecule is NCC1(c2ccc(N)cc2)CC(F)(F)C1. The molecule has 1 aliphatic rings. The molecule has 0 bridgehead atoms. The number of hydrogen-bond acceptors (Lipinski definition) is 2. The van der Waals surface area contributed by atoms with Crippen molar-refractivity contribution in [2.45, 2.75) is 24.2 Å². The second-order valence-corrected chi connectivity index (χ2v) is 4.32. The summed E-state index contributed by atoms with van der Waals surface area (Å²) in [5, 5.41) is 0. The van der Waals surface area contributed by atoms with Crippen LogP contribution in [0.1, 0.15) is 18.4 Å². The van der Waals surface area contributed by atoms with Crippen LogP contribution >= 0.6 is 0 Å². The quantitative estimate of drug-likeness (QED) is 0.735. The Labute approximate surface area is 87.3 Å². The zero-order valence-corrected chi connectivity index (χ0v) is 8.34. The molecule has 0 amide bonds. The highest BCUT2D eigenvalue weighted by Gasteiger charge is 2.56. The minimum Gasteiger partial charge on any atom is -0.399 e. The number of nitrogens with two attached hydrogens (primary N) is 2. The van der Waals surface area contributed by atoms with Gasteiger partial charge in [-0.3, -0.25) is 0 Å². The van der Waals surface area contributed by atoms with Crippen LogP contribution < -0.4 is 11.5 Å². The number of nitrogen functional groups attached to an aromatic ring is 1. The average molecular weight is 212 g/mol. The van der Waals surface area contributed by atoms with Crippen LogP contribution in [0.25, 0.3) is 0 Å². The molecule has 2 rings (SSSR count). The lowest BCUT2D eigenvalue weighted by atomic mass is 9.62. The fourth-order valence-corrected chi connectivity index (χ4v) is 2.24. The van der Waals surface area contributed by atoms with Crippen LogP contribution in [-0.2, 0) is 5.41 Å². The normalized spacial score (nSPS) is 22.1. The van der Waals surface area contributed by atoms with E-state index in [2.05, 4.69) is 0 Å². The van der Waals surface area contributed by atoms with Gasteiger partial charge in [-0.05, 0) is 17.7 Å². The van der Waals surface area contributed by atoms with Crippen LogP contribution in [0.2, 0.25) is 0 Å². The topological polar surface area (TPSA) is 52.0 Å². The van der Waals surface area contributed by atoms with Crippen molar-refractivity contribution >= 4 is 5.69 Å². The summed E-state index contributed by atoms with van der Waals surface area (Å²) in [6.07, 6.45) is -0.305. The Morgan fingerprint density at radius 2 is 1.67 bits per heavy atom. The average Bonchev–Trinajstić information content (AvgIpc) is 2.14. The molecule has 1 saturated carbocycles. The maximum absolute atomic E-state index is 12.9. The number of benzene rings is 1. The lowest BCUT2D eigenvalue weighted by molar-refractivity contribution is -0.123. The van der Waals surface area contributed by atoms with E-state index in [0.717, 1.165) is 5.56 Å². The Hall–Kier alpha value is -1.16. The zero-order chi connectivity index (χ0) is 11.1. The molecule has 0 spiro atoms. The summed E-state index contributed by atoms with van der Waals surface area (Å²) in [6, 6.07) is 7.03. The van der Waals surface area contributed by atoms with Crippen molar-refractivity contribution in [3.63, 3.8) is 0 Å². The summed E-state index contributed by atoms with van der Waals surface area (Å²) >= 11 is 0. The minimum atomic E-state index is -2.55. The fraction of sp³-hybridized carbons (Fsp3) is 0.455. The predicted molar refractivity (Wildman–Crippen MR) is 55.8 cm³/mol. The van der Waals surface area contributed by atoms with Gasteiger partial charge < -0.3 is 11.5 Å². The Bertz CT molecular complexity index is 351. The third-order valence-corrected chi connectivity index (χ3v) is 3.11. The van der Waals surface area contributed by atoms with Crippen LogP contribution in [0.15, 0.2) is 24.3 Å². The van der Waals surface area contributed by atoms with Crippen molar-refractivity contribution in [2.75, 3.05) is 12.3 Å². The van der Waals surface area contributed by atoms with Gasteiger partial charge in [-0.25, -0.2) is 8.78 Å². The molecular weight excluding hydrogens is 198 g/mol. The third-order valence-electron chi connectivity index (χ3n) is 3.11. The molecule has 82 valence electrons. The maximum Gasteiger partial charge on any atom is 0.250 e. The van der Waals surface area contributed by atoms with E-state index in [1.807, 2.05) is 0 Å². The molecule has 4 heteroatoms. The second-order valence-electron chi connectivity index (χ2n) is 4.32. The molecule has 0 atom stereocenters. The van der Waals surface area contributed by atoms with Gasteiger partial charge in [-0.15, -0.1) is 0 Å². The predicted octanol–water partition coefficient (Wildman–Crippen LogP) is 1.89. The molecule has 0 unspecified atom stereocenters. The van der Waals surface area contributed by atoms with E-state index in [0.29, 0.717) is 5.69 Å². The van der Waals surface area contributed by atoms with E-state index < -0.39 is 11.3 Å². The Balaban J connectivity index is 2.25. The van der Waals surface area contributed by atoms with E-state index in [9.17, 15) is 8.78 Å². The summed E-state index contributed by atoms with van der Waals surface area (Å²) in [5.41, 5.74) is 12.1. The van der Waals surface area contributed by atoms with Gasteiger partial charge in [0, 0.05) is 30.5 Å². The summed E-state index contributed by atoms with van der Waals surface area (Å²) < 4.78 is 25.8. The smallest absolute Gasteiger partial charge is 0.250 e. The van der Waals surface area contributed by atoms with Gasteiger partial charge in [0.05, 0.1) is 0 Å². The highest BCUT2D eigenvalue weighted by atomic mass is 19.3. The monoisotopic (exact) mass is 212 g/mol.